The van der Waals surface area contributed by atoms with Gasteiger partial charge in [-0.3, -0.25) is 9.67 Å². The maximum atomic E-state index is 4.78. The molecule has 0 aliphatic heterocycles. The largest absolute Gasteiger partial charge is 0.357 e. The molecule has 5 nitrogen and oxygen atoms in total. The van der Waals surface area contributed by atoms with Crippen molar-refractivity contribution in [3.8, 4) is 0 Å². The van der Waals surface area contributed by atoms with Crippen LogP contribution >= 0.6 is 24.0 Å². The summed E-state index contributed by atoms with van der Waals surface area (Å²) in [5.74, 6) is 0.883. The summed E-state index contributed by atoms with van der Waals surface area (Å²) in [6.45, 7) is 14.4. The maximum absolute atomic E-state index is 4.78. The number of nitrogens with one attached hydrogen (secondary N) is 2. The van der Waals surface area contributed by atoms with E-state index < -0.39 is 0 Å². The van der Waals surface area contributed by atoms with Crippen LogP contribution in [0.3, 0.4) is 0 Å². The molecule has 6 heteroatoms. The molecule has 1 aromatic carbocycles. The van der Waals surface area contributed by atoms with Gasteiger partial charge in [-0.25, -0.2) is 0 Å². The number of aliphatic imine (C=N–C) groups is 1. The molecule has 0 saturated carbocycles. The average molecular weight is 497 g/mol. The number of hydrogen-bond acceptors (Lipinski definition) is 2. The van der Waals surface area contributed by atoms with E-state index in [1.165, 1.54) is 27.9 Å². The standard InChI is InChI=1S/C22H35N5.HI/c1-8-23-22(24-12-11-20-10-9-15(2)13-16(20)3)25-17(4)14-21-18(5)26-27(7)19(21)6;/h9-10,13,17H,8,11-12,14H2,1-7H3,(H2,23,24,25);1H. The molecular weight excluding hydrogens is 461 g/mol. The molecule has 0 bridgehead atoms. The Hall–Kier alpha value is -1.57. The molecule has 156 valence electrons. The first-order valence-corrected chi connectivity index (χ1v) is 9.91. The van der Waals surface area contributed by atoms with E-state index >= 15 is 0 Å². The molecule has 0 amide bonds. The summed E-state index contributed by atoms with van der Waals surface area (Å²) >= 11 is 0. The Kier molecular flexibility index (Phi) is 9.99. The Bertz CT molecular complexity index is 794. The Morgan fingerprint density at radius 1 is 1.21 bits per heavy atom. The van der Waals surface area contributed by atoms with Gasteiger partial charge in [0, 0.05) is 31.9 Å². The molecular formula is C22H36IN5. The van der Waals surface area contributed by atoms with Crippen LogP contribution in [0.25, 0.3) is 0 Å². The summed E-state index contributed by atoms with van der Waals surface area (Å²) in [6, 6.07) is 6.92. The molecule has 1 heterocycles. The van der Waals surface area contributed by atoms with E-state index in [0.29, 0.717) is 0 Å². The number of aromatic nitrogens is 2. The molecule has 1 atom stereocenters. The molecule has 2 aromatic rings. The van der Waals surface area contributed by atoms with Gasteiger partial charge in [0.25, 0.3) is 0 Å². The van der Waals surface area contributed by atoms with Gasteiger partial charge >= 0.3 is 0 Å². The van der Waals surface area contributed by atoms with Gasteiger partial charge in [0.2, 0.25) is 0 Å². The Labute approximate surface area is 187 Å². The van der Waals surface area contributed by atoms with Gasteiger partial charge in [0.15, 0.2) is 5.96 Å². The fourth-order valence-corrected chi connectivity index (χ4v) is 3.44. The second kappa shape index (κ2) is 11.4. The summed E-state index contributed by atoms with van der Waals surface area (Å²) in [5, 5.41) is 11.4. The van der Waals surface area contributed by atoms with Crippen molar-refractivity contribution in [2.75, 3.05) is 13.1 Å². The molecule has 0 fully saturated rings. The van der Waals surface area contributed by atoms with Gasteiger partial charge in [-0.15, -0.1) is 24.0 Å². The van der Waals surface area contributed by atoms with E-state index in [-0.39, 0.29) is 30.0 Å². The van der Waals surface area contributed by atoms with Crippen LogP contribution in [0.1, 0.15) is 47.5 Å². The second-order valence-electron chi connectivity index (χ2n) is 7.46. The predicted octanol–water partition coefficient (Wildman–Crippen LogP) is 4.00. The first-order chi connectivity index (χ1) is 12.8. The number of hydrogen-bond donors (Lipinski definition) is 2. The van der Waals surface area contributed by atoms with E-state index in [0.717, 1.165) is 37.6 Å². The Balaban J connectivity index is 0.00000392. The highest BCUT2D eigenvalue weighted by Crippen LogP contribution is 2.14. The monoisotopic (exact) mass is 497 g/mol. The zero-order valence-electron chi connectivity index (χ0n) is 18.4. The van der Waals surface area contributed by atoms with E-state index in [4.69, 9.17) is 4.99 Å². The van der Waals surface area contributed by atoms with Crippen molar-refractivity contribution in [2.45, 2.75) is 60.4 Å². The lowest BCUT2D eigenvalue weighted by atomic mass is 10.0. The summed E-state index contributed by atoms with van der Waals surface area (Å²) in [4.78, 5) is 4.78. The van der Waals surface area contributed by atoms with Crippen LogP contribution in [0.4, 0.5) is 0 Å². The smallest absolute Gasteiger partial charge is 0.191 e. The first kappa shape index (κ1) is 24.5. The fraction of sp³-hybridized carbons (Fsp3) is 0.545. The first-order valence-electron chi connectivity index (χ1n) is 9.91. The van der Waals surface area contributed by atoms with Crippen molar-refractivity contribution in [1.82, 2.24) is 20.4 Å². The minimum Gasteiger partial charge on any atom is -0.357 e. The molecule has 2 rings (SSSR count). The van der Waals surface area contributed by atoms with Crippen molar-refractivity contribution in [2.24, 2.45) is 12.0 Å². The Morgan fingerprint density at radius 3 is 2.50 bits per heavy atom. The molecule has 2 N–H and O–H groups in total. The van der Waals surface area contributed by atoms with Crippen LogP contribution in [0.5, 0.6) is 0 Å². The number of benzene rings is 1. The zero-order chi connectivity index (χ0) is 20.0. The van der Waals surface area contributed by atoms with Gasteiger partial charge < -0.3 is 10.6 Å². The van der Waals surface area contributed by atoms with Crippen LogP contribution in [0.2, 0.25) is 0 Å². The third kappa shape index (κ3) is 6.79. The summed E-state index contributed by atoms with van der Waals surface area (Å²) in [6.07, 6.45) is 1.89. The molecule has 0 aliphatic carbocycles. The van der Waals surface area contributed by atoms with E-state index in [2.05, 4.69) is 75.5 Å². The molecule has 0 aliphatic rings. The number of guanidine groups is 1. The second-order valence-corrected chi connectivity index (χ2v) is 7.46. The molecule has 1 unspecified atom stereocenters. The molecule has 1 aromatic heterocycles. The highest BCUT2D eigenvalue weighted by atomic mass is 127. The van der Waals surface area contributed by atoms with Gasteiger partial charge in [-0.2, -0.15) is 5.10 Å². The van der Waals surface area contributed by atoms with Crippen molar-refractivity contribution < 1.29 is 0 Å². The SMILES string of the molecule is CCNC(=NCCc1ccc(C)cc1C)NC(C)Cc1c(C)nn(C)c1C.I. The van der Waals surface area contributed by atoms with Crippen LogP contribution < -0.4 is 10.6 Å². The van der Waals surface area contributed by atoms with E-state index in [1.807, 2.05) is 11.7 Å². The third-order valence-electron chi connectivity index (χ3n) is 5.05. The lowest BCUT2D eigenvalue weighted by Gasteiger charge is -2.18. The zero-order valence-corrected chi connectivity index (χ0v) is 20.7. The summed E-state index contributed by atoms with van der Waals surface area (Å²) < 4.78 is 1.96. The quantitative estimate of drug-likeness (QED) is 0.346. The minimum absolute atomic E-state index is 0. The van der Waals surface area contributed by atoms with Crippen LogP contribution in [-0.2, 0) is 19.9 Å². The number of halogens is 1. The molecule has 28 heavy (non-hydrogen) atoms. The van der Waals surface area contributed by atoms with Crippen molar-refractivity contribution >= 4 is 29.9 Å². The van der Waals surface area contributed by atoms with E-state index in [9.17, 15) is 0 Å². The Morgan fingerprint density at radius 2 is 1.93 bits per heavy atom. The summed E-state index contributed by atoms with van der Waals surface area (Å²) in [7, 11) is 2.00. The number of aryl methyl sites for hydroxylation is 4. The maximum Gasteiger partial charge on any atom is 0.191 e. The van der Waals surface area contributed by atoms with Gasteiger partial charge in [0.1, 0.15) is 0 Å². The number of rotatable bonds is 7. The van der Waals surface area contributed by atoms with Crippen molar-refractivity contribution in [1.29, 1.82) is 0 Å². The topological polar surface area (TPSA) is 54.2 Å². The average Bonchev–Trinajstić information content (AvgIpc) is 2.83. The van der Waals surface area contributed by atoms with Crippen LogP contribution in [0, 0.1) is 27.7 Å². The van der Waals surface area contributed by atoms with Crippen molar-refractivity contribution in [3.05, 3.63) is 51.8 Å². The fourth-order valence-electron chi connectivity index (χ4n) is 3.44. The lowest BCUT2D eigenvalue weighted by molar-refractivity contribution is 0.635. The predicted molar refractivity (Wildman–Crippen MR) is 130 cm³/mol. The normalized spacial score (nSPS) is 12.5. The molecule has 0 radical (unpaired) electrons. The molecule has 0 saturated heterocycles. The summed E-state index contributed by atoms with van der Waals surface area (Å²) in [5.41, 5.74) is 7.69. The minimum atomic E-state index is 0. The highest BCUT2D eigenvalue weighted by molar-refractivity contribution is 14.0. The third-order valence-corrected chi connectivity index (χ3v) is 5.05. The van der Waals surface area contributed by atoms with Crippen molar-refractivity contribution in [3.63, 3.8) is 0 Å². The van der Waals surface area contributed by atoms with Crippen LogP contribution in [0.15, 0.2) is 23.2 Å². The molecule has 0 spiro atoms. The lowest BCUT2D eigenvalue weighted by Crippen LogP contribution is -2.43. The van der Waals surface area contributed by atoms with Crippen LogP contribution in [-0.4, -0.2) is 34.9 Å². The van der Waals surface area contributed by atoms with Gasteiger partial charge in [0.05, 0.1) is 5.69 Å². The number of nitrogens with zero attached hydrogens (tertiary/aromatic N) is 3. The van der Waals surface area contributed by atoms with Gasteiger partial charge in [-0.05, 0) is 71.1 Å². The van der Waals surface area contributed by atoms with E-state index in [1.54, 1.807) is 0 Å². The highest BCUT2D eigenvalue weighted by Gasteiger charge is 2.14. The van der Waals surface area contributed by atoms with Gasteiger partial charge in [-0.1, -0.05) is 23.8 Å².